The van der Waals surface area contributed by atoms with Crippen LogP contribution < -0.4 is 4.72 Å². The summed E-state index contributed by atoms with van der Waals surface area (Å²) in [7, 11) is -3.27. The fraction of sp³-hybridized carbons (Fsp3) is 0.562. The number of rotatable bonds is 5. The largest absolute Gasteiger partial charge is 0.340 e. The first-order valence-electron chi connectivity index (χ1n) is 7.55. The number of likely N-dealkylation sites (tertiary alicyclic amines) is 1. The molecule has 5 nitrogen and oxygen atoms in total. The van der Waals surface area contributed by atoms with E-state index in [4.69, 9.17) is 0 Å². The van der Waals surface area contributed by atoms with Crippen LogP contribution in [0.1, 0.15) is 19.4 Å². The van der Waals surface area contributed by atoms with Crippen LogP contribution in [0.4, 0.5) is 0 Å². The third-order valence-electron chi connectivity index (χ3n) is 4.14. The van der Waals surface area contributed by atoms with Gasteiger partial charge in [0.15, 0.2) is 0 Å². The first-order valence-corrected chi connectivity index (χ1v) is 9.44. The standard InChI is InChI=1S/C16H24N2O3S/c1-12(2)14-10-18(11-15(14)17-22(3,20)21)16(19)9-13-7-5-4-6-8-13/h4-8,12,14-15,17H,9-11H2,1-3H3/t14-,15+/m0/s1. The molecule has 0 bridgehead atoms. The van der Waals surface area contributed by atoms with Crippen LogP contribution in [0.3, 0.4) is 0 Å². The van der Waals surface area contributed by atoms with Crippen molar-refractivity contribution in [1.82, 2.24) is 9.62 Å². The number of carbonyl (C=O) groups is 1. The Kier molecular flexibility index (Phi) is 5.24. The van der Waals surface area contributed by atoms with Crippen molar-refractivity contribution < 1.29 is 13.2 Å². The van der Waals surface area contributed by atoms with Gasteiger partial charge < -0.3 is 4.90 Å². The molecule has 6 heteroatoms. The summed E-state index contributed by atoms with van der Waals surface area (Å²) in [5.41, 5.74) is 0.980. The average Bonchev–Trinajstić information content (AvgIpc) is 2.81. The summed E-state index contributed by atoms with van der Waals surface area (Å²) in [6.07, 6.45) is 1.52. The molecule has 1 fully saturated rings. The molecule has 22 heavy (non-hydrogen) atoms. The van der Waals surface area contributed by atoms with E-state index in [0.29, 0.717) is 25.4 Å². The van der Waals surface area contributed by atoms with E-state index in [1.54, 1.807) is 4.90 Å². The summed E-state index contributed by atoms with van der Waals surface area (Å²) in [6, 6.07) is 9.41. The van der Waals surface area contributed by atoms with Gasteiger partial charge in [-0.05, 0) is 17.4 Å². The summed E-state index contributed by atoms with van der Waals surface area (Å²) in [5.74, 6) is 0.512. The van der Waals surface area contributed by atoms with Gasteiger partial charge in [0.1, 0.15) is 0 Å². The molecule has 1 aliphatic rings. The minimum atomic E-state index is -3.27. The van der Waals surface area contributed by atoms with E-state index >= 15 is 0 Å². The van der Waals surface area contributed by atoms with Crippen LogP contribution in [-0.4, -0.2) is 44.6 Å². The van der Waals surface area contributed by atoms with Crippen molar-refractivity contribution >= 4 is 15.9 Å². The Bertz CT molecular complexity index is 614. The fourth-order valence-electron chi connectivity index (χ4n) is 2.99. The molecular weight excluding hydrogens is 300 g/mol. The number of sulfonamides is 1. The van der Waals surface area contributed by atoms with Gasteiger partial charge in [-0.15, -0.1) is 0 Å². The highest BCUT2D eigenvalue weighted by Crippen LogP contribution is 2.25. The Hall–Kier alpha value is -1.40. The van der Waals surface area contributed by atoms with Crippen LogP contribution in [0.2, 0.25) is 0 Å². The zero-order valence-corrected chi connectivity index (χ0v) is 14.1. The van der Waals surface area contributed by atoms with Crippen LogP contribution >= 0.6 is 0 Å². The zero-order valence-electron chi connectivity index (χ0n) is 13.3. The molecule has 1 saturated heterocycles. The molecule has 1 aliphatic heterocycles. The van der Waals surface area contributed by atoms with Gasteiger partial charge in [-0.3, -0.25) is 4.79 Å². The van der Waals surface area contributed by atoms with E-state index in [1.807, 2.05) is 30.3 Å². The van der Waals surface area contributed by atoms with Gasteiger partial charge in [-0.2, -0.15) is 0 Å². The quantitative estimate of drug-likeness (QED) is 0.887. The normalized spacial score (nSPS) is 22.3. The second-order valence-electron chi connectivity index (χ2n) is 6.37. The minimum absolute atomic E-state index is 0.0506. The molecule has 122 valence electrons. The molecule has 2 rings (SSSR count). The second kappa shape index (κ2) is 6.79. The van der Waals surface area contributed by atoms with Gasteiger partial charge >= 0.3 is 0 Å². The summed E-state index contributed by atoms with van der Waals surface area (Å²) in [4.78, 5) is 14.2. The van der Waals surface area contributed by atoms with Crippen LogP contribution in [0.15, 0.2) is 30.3 Å². The van der Waals surface area contributed by atoms with E-state index in [-0.39, 0.29) is 17.9 Å². The predicted molar refractivity (Wildman–Crippen MR) is 86.8 cm³/mol. The van der Waals surface area contributed by atoms with Gasteiger partial charge in [-0.25, -0.2) is 13.1 Å². The molecule has 1 N–H and O–H groups in total. The van der Waals surface area contributed by atoms with E-state index < -0.39 is 10.0 Å². The van der Waals surface area contributed by atoms with Crippen molar-refractivity contribution in [2.75, 3.05) is 19.3 Å². The lowest BCUT2D eigenvalue weighted by molar-refractivity contribution is -0.129. The van der Waals surface area contributed by atoms with Crippen molar-refractivity contribution in [3.8, 4) is 0 Å². The molecule has 0 unspecified atom stereocenters. The lowest BCUT2D eigenvalue weighted by Gasteiger charge is -2.21. The van der Waals surface area contributed by atoms with Crippen LogP contribution in [0, 0.1) is 11.8 Å². The number of hydrogen-bond acceptors (Lipinski definition) is 3. The highest BCUT2D eigenvalue weighted by molar-refractivity contribution is 7.88. The number of nitrogens with one attached hydrogen (secondary N) is 1. The number of nitrogens with zero attached hydrogens (tertiary/aromatic N) is 1. The molecule has 0 radical (unpaired) electrons. The second-order valence-corrected chi connectivity index (χ2v) is 8.15. The number of benzene rings is 1. The van der Waals surface area contributed by atoms with Gasteiger partial charge in [0.05, 0.1) is 12.7 Å². The lowest BCUT2D eigenvalue weighted by atomic mass is 9.92. The van der Waals surface area contributed by atoms with Gasteiger partial charge in [0, 0.05) is 19.1 Å². The third kappa shape index (κ3) is 4.55. The van der Waals surface area contributed by atoms with Gasteiger partial charge in [-0.1, -0.05) is 44.2 Å². The van der Waals surface area contributed by atoms with Crippen LogP contribution in [0.25, 0.3) is 0 Å². The highest BCUT2D eigenvalue weighted by atomic mass is 32.2. The monoisotopic (exact) mass is 324 g/mol. The van der Waals surface area contributed by atoms with Crippen molar-refractivity contribution in [2.45, 2.75) is 26.3 Å². The predicted octanol–water partition coefficient (Wildman–Crippen LogP) is 1.26. The molecule has 1 amide bonds. The molecule has 0 saturated carbocycles. The fourth-order valence-corrected chi connectivity index (χ4v) is 3.79. The Morgan fingerprint density at radius 3 is 2.45 bits per heavy atom. The summed E-state index contributed by atoms with van der Waals surface area (Å²) in [6.45, 7) is 5.18. The molecule has 0 aliphatic carbocycles. The SMILES string of the molecule is CC(C)[C@@H]1CN(C(=O)Cc2ccccc2)C[C@H]1NS(C)(=O)=O. The Labute approximate surface area is 132 Å². The van der Waals surface area contributed by atoms with Crippen molar-refractivity contribution in [3.63, 3.8) is 0 Å². The molecular formula is C16H24N2O3S. The Balaban J connectivity index is 2.05. The Morgan fingerprint density at radius 1 is 1.27 bits per heavy atom. The molecule has 1 heterocycles. The number of carbonyl (C=O) groups excluding carboxylic acids is 1. The molecule has 1 aromatic rings. The van der Waals surface area contributed by atoms with E-state index in [0.717, 1.165) is 5.56 Å². The first kappa shape index (κ1) is 17.0. The van der Waals surface area contributed by atoms with E-state index in [2.05, 4.69) is 18.6 Å². The maximum atomic E-state index is 12.4. The zero-order chi connectivity index (χ0) is 16.3. The van der Waals surface area contributed by atoms with Crippen molar-refractivity contribution in [3.05, 3.63) is 35.9 Å². The minimum Gasteiger partial charge on any atom is -0.340 e. The third-order valence-corrected chi connectivity index (χ3v) is 4.87. The Morgan fingerprint density at radius 2 is 1.91 bits per heavy atom. The van der Waals surface area contributed by atoms with Crippen LogP contribution in [-0.2, 0) is 21.2 Å². The molecule has 2 atom stereocenters. The lowest BCUT2D eigenvalue weighted by Crippen LogP contribution is -2.41. The summed E-state index contributed by atoms with van der Waals surface area (Å²) >= 11 is 0. The maximum Gasteiger partial charge on any atom is 0.227 e. The highest BCUT2D eigenvalue weighted by Gasteiger charge is 2.38. The molecule has 1 aromatic carbocycles. The van der Waals surface area contributed by atoms with Crippen molar-refractivity contribution in [2.24, 2.45) is 11.8 Å². The average molecular weight is 324 g/mol. The first-order chi connectivity index (χ1) is 10.3. The van der Waals surface area contributed by atoms with Gasteiger partial charge in [0.2, 0.25) is 15.9 Å². The maximum absolute atomic E-state index is 12.4. The van der Waals surface area contributed by atoms with Gasteiger partial charge in [0.25, 0.3) is 0 Å². The molecule has 0 spiro atoms. The number of amides is 1. The van der Waals surface area contributed by atoms with Crippen LogP contribution in [0.5, 0.6) is 0 Å². The summed E-state index contributed by atoms with van der Waals surface area (Å²) in [5, 5.41) is 0. The smallest absolute Gasteiger partial charge is 0.227 e. The van der Waals surface area contributed by atoms with E-state index in [1.165, 1.54) is 6.26 Å². The summed E-state index contributed by atoms with van der Waals surface area (Å²) < 4.78 is 25.7. The topological polar surface area (TPSA) is 66.5 Å². The molecule has 0 aromatic heterocycles. The number of hydrogen-bond donors (Lipinski definition) is 1. The van der Waals surface area contributed by atoms with Crippen molar-refractivity contribution in [1.29, 1.82) is 0 Å². The van der Waals surface area contributed by atoms with E-state index in [9.17, 15) is 13.2 Å².